The van der Waals surface area contributed by atoms with E-state index in [4.69, 9.17) is 32.4 Å². The molecule has 0 spiro atoms. The Hall–Kier alpha value is -3.80. The minimum absolute atomic E-state index is 0.0474. The van der Waals surface area contributed by atoms with Crippen LogP contribution in [0, 0.1) is 0 Å². The highest BCUT2D eigenvalue weighted by Gasteiger charge is 2.20. The lowest BCUT2D eigenvalue weighted by Crippen LogP contribution is -2.03. The number of benzene rings is 4. The third-order valence-electron chi connectivity index (χ3n) is 6.38. The fourth-order valence-corrected chi connectivity index (χ4v) is 4.85. The van der Waals surface area contributed by atoms with Gasteiger partial charge in [0.25, 0.3) is 0 Å². The van der Waals surface area contributed by atoms with Gasteiger partial charge in [-0.2, -0.15) is 0 Å². The van der Waals surface area contributed by atoms with Crippen LogP contribution in [0.3, 0.4) is 0 Å². The van der Waals surface area contributed by atoms with Gasteiger partial charge >= 0.3 is 0 Å². The molecule has 0 radical (unpaired) electrons. The van der Waals surface area contributed by atoms with Crippen LogP contribution in [0.4, 0.5) is 0 Å². The summed E-state index contributed by atoms with van der Waals surface area (Å²) < 4.78 is 11.3. The number of para-hydroxylation sites is 1. The summed E-state index contributed by atoms with van der Waals surface area (Å²) in [7, 11) is 1.64. The molecule has 0 saturated carbocycles. The molecule has 1 heterocycles. The zero-order valence-corrected chi connectivity index (χ0v) is 21.4. The lowest BCUT2D eigenvalue weighted by atomic mass is 9.92. The van der Waals surface area contributed by atoms with E-state index in [9.17, 15) is 14.7 Å². The number of aryl methyl sites for hydroxylation is 1. The summed E-state index contributed by atoms with van der Waals surface area (Å²) in [6.45, 7) is 0. The van der Waals surface area contributed by atoms with Gasteiger partial charge < -0.3 is 14.3 Å². The first kappa shape index (κ1) is 24.9. The summed E-state index contributed by atoms with van der Waals surface area (Å²) in [6, 6.07) is 21.0. The van der Waals surface area contributed by atoms with Crippen molar-refractivity contribution in [3.63, 3.8) is 0 Å². The Morgan fingerprint density at radius 3 is 2.49 bits per heavy atom. The number of methoxy groups -OCH3 is 1. The van der Waals surface area contributed by atoms with E-state index in [2.05, 4.69) is 0 Å². The molecule has 0 aromatic heterocycles. The monoisotopic (exact) mass is 532 g/mol. The Balaban J connectivity index is 1.47. The molecule has 186 valence electrons. The van der Waals surface area contributed by atoms with Gasteiger partial charge in [-0.15, -0.1) is 0 Å². The van der Waals surface area contributed by atoms with E-state index in [-0.39, 0.29) is 27.0 Å². The number of hydrogen-bond donors (Lipinski definition) is 1. The quantitative estimate of drug-likeness (QED) is 0.171. The van der Waals surface area contributed by atoms with Crippen molar-refractivity contribution in [1.29, 1.82) is 0 Å². The lowest BCUT2D eigenvalue weighted by molar-refractivity contribution is 0.0980. The molecule has 1 N–H and O–H groups in total. The first-order valence-electron chi connectivity index (χ1n) is 11.7. The second-order valence-corrected chi connectivity index (χ2v) is 9.54. The number of carbonyl (C=O) groups is 1. The molecule has 0 saturated heterocycles. The third-order valence-corrected chi connectivity index (χ3v) is 6.98. The van der Waals surface area contributed by atoms with Crippen molar-refractivity contribution in [3.05, 3.63) is 104 Å². The summed E-state index contributed by atoms with van der Waals surface area (Å²) in [5, 5.41) is 11.0. The average Bonchev–Trinajstić information content (AvgIpc) is 2.90. The molecule has 0 amide bonds. The highest BCUT2D eigenvalue weighted by atomic mass is 35.5. The predicted octanol–water partition coefficient (Wildman–Crippen LogP) is 7.79. The van der Waals surface area contributed by atoms with E-state index in [0.29, 0.717) is 40.7 Å². The number of ketones is 1. The third kappa shape index (κ3) is 4.93. The van der Waals surface area contributed by atoms with E-state index in [1.807, 2.05) is 36.4 Å². The molecular formula is C30H22Cl2O5. The Morgan fingerprint density at radius 1 is 0.973 bits per heavy atom. The van der Waals surface area contributed by atoms with Crippen LogP contribution in [0.15, 0.2) is 82.0 Å². The van der Waals surface area contributed by atoms with Crippen LogP contribution in [-0.4, -0.2) is 18.0 Å². The van der Waals surface area contributed by atoms with Crippen LogP contribution in [0.5, 0.6) is 11.5 Å². The zero-order valence-electron chi connectivity index (χ0n) is 19.9. The van der Waals surface area contributed by atoms with Gasteiger partial charge in [0.05, 0.1) is 17.2 Å². The van der Waals surface area contributed by atoms with E-state index in [1.54, 1.807) is 31.4 Å². The predicted molar refractivity (Wildman–Crippen MR) is 146 cm³/mol. The molecule has 0 unspecified atom stereocenters. The number of rotatable bonds is 7. The molecule has 1 aliphatic heterocycles. The number of Topliss-reactive ketones (excluding diaryl/α,β-unsaturated/α-hetero) is 1. The number of hydrogen-bond acceptors (Lipinski definition) is 5. The Morgan fingerprint density at radius 2 is 1.73 bits per heavy atom. The number of aromatic hydroxyl groups is 1. The number of phenolic OH excluding ortho intramolecular Hbond substituents is 1. The van der Waals surface area contributed by atoms with Crippen LogP contribution in [0.2, 0.25) is 10.0 Å². The van der Waals surface area contributed by atoms with Crippen molar-refractivity contribution in [2.24, 2.45) is 0 Å². The molecular weight excluding hydrogens is 511 g/mol. The van der Waals surface area contributed by atoms with Crippen molar-refractivity contribution in [3.8, 4) is 33.9 Å². The van der Waals surface area contributed by atoms with Gasteiger partial charge in [-0.1, -0.05) is 65.7 Å². The summed E-state index contributed by atoms with van der Waals surface area (Å²) in [6.07, 6.45) is 1.86. The van der Waals surface area contributed by atoms with Crippen molar-refractivity contribution in [2.75, 3.05) is 7.11 Å². The molecule has 0 fully saturated rings. The maximum Gasteiger partial charge on any atom is 0.200 e. The number of phenols is 1. The Kier molecular flexibility index (Phi) is 6.92. The van der Waals surface area contributed by atoms with Crippen molar-refractivity contribution in [2.45, 2.75) is 19.3 Å². The van der Waals surface area contributed by atoms with Crippen molar-refractivity contribution < 1.29 is 19.1 Å². The largest absolute Gasteiger partial charge is 0.506 e. The fraction of sp³-hybridized carbons (Fsp3) is 0.133. The second-order valence-electron chi connectivity index (χ2n) is 8.72. The van der Waals surface area contributed by atoms with Gasteiger partial charge in [0, 0.05) is 40.6 Å². The zero-order chi connectivity index (χ0) is 26.1. The molecule has 37 heavy (non-hydrogen) atoms. The lowest BCUT2D eigenvalue weighted by Gasteiger charge is -2.16. The van der Waals surface area contributed by atoms with Gasteiger partial charge in [0.15, 0.2) is 5.78 Å². The standard InChI is InChI=1S/C30H22Cl2O5/c1-36-27-8-3-2-5-18(27)6-4-7-24(33)17-9-11-19(12-10-17)30-20-13-22(31)25(34)15-28(20)37-29-16-26(35)23(32)14-21(29)30/h2-3,5,8-16,34H,4,6-7H2,1H3. The van der Waals surface area contributed by atoms with Gasteiger partial charge in [-0.05, 0) is 42.2 Å². The molecule has 5 rings (SSSR count). The van der Waals surface area contributed by atoms with Gasteiger partial charge in [-0.25, -0.2) is 0 Å². The highest BCUT2D eigenvalue weighted by Crippen LogP contribution is 2.43. The molecule has 0 atom stereocenters. The summed E-state index contributed by atoms with van der Waals surface area (Å²) in [4.78, 5) is 25.0. The van der Waals surface area contributed by atoms with Crippen molar-refractivity contribution in [1.82, 2.24) is 0 Å². The van der Waals surface area contributed by atoms with Gasteiger partial charge in [0.1, 0.15) is 22.8 Å². The van der Waals surface area contributed by atoms with Crippen molar-refractivity contribution >= 4 is 40.0 Å². The number of fused-ring (bicyclic) bond motifs is 2. The molecule has 3 aromatic carbocycles. The van der Waals surface area contributed by atoms with Crippen LogP contribution >= 0.6 is 23.2 Å². The molecule has 3 aromatic rings. The van der Waals surface area contributed by atoms with Gasteiger partial charge in [0.2, 0.25) is 5.43 Å². The van der Waals surface area contributed by atoms with E-state index in [0.717, 1.165) is 28.9 Å². The second kappa shape index (κ2) is 10.3. The summed E-state index contributed by atoms with van der Waals surface area (Å²) >= 11 is 12.4. The summed E-state index contributed by atoms with van der Waals surface area (Å²) in [5.41, 5.74) is 3.82. The molecule has 5 nitrogen and oxygen atoms in total. The van der Waals surface area contributed by atoms with Crippen LogP contribution in [-0.2, 0) is 6.42 Å². The number of halogens is 2. The van der Waals surface area contributed by atoms with Gasteiger partial charge in [-0.3, -0.25) is 9.59 Å². The molecule has 1 aliphatic carbocycles. The topological polar surface area (TPSA) is 76.7 Å². The Labute approximate surface area is 223 Å². The Bertz CT molecular complexity index is 1650. The fourth-order valence-electron chi connectivity index (χ4n) is 4.53. The molecule has 0 bridgehead atoms. The highest BCUT2D eigenvalue weighted by molar-refractivity contribution is 6.33. The minimum atomic E-state index is -0.365. The number of carbonyl (C=O) groups excluding carboxylic acids is 1. The van der Waals surface area contributed by atoms with E-state index >= 15 is 0 Å². The average molecular weight is 533 g/mol. The minimum Gasteiger partial charge on any atom is -0.506 e. The van der Waals surface area contributed by atoms with Crippen LogP contribution < -0.4 is 10.2 Å². The van der Waals surface area contributed by atoms with Crippen LogP contribution in [0.25, 0.3) is 33.4 Å². The first-order valence-corrected chi connectivity index (χ1v) is 12.5. The smallest absolute Gasteiger partial charge is 0.200 e. The van der Waals surface area contributed by atoms with E-state index in [1.165, 1.54) is 12.1 Å². The first-order chi connectivity index (χ1) is 17.9. The summed E-state index contributed by atoms with van der Waals surface area (Å²) in [5.74, 6) is 1.07. The molecule has 2 aliphatic rings. The molecule has 7 heteroatoms. The SMILES string of the molecule is COc1ccccc1CCCC(=O)c1ccc(-c2c3cc(Cl)c(=O)cc-3oc3cc(O)c(Cl)cc23)cc1. The normalized spacial score (nSPS) is 11.2. The van der Waals surface area contributed by atoms with E-state index < -0.39 is 0 Å². The maximum absolute atomic E-state index is 12.9. The van der Waals surface area contributed by atoms with Crippen LogP contribution in [0.1, 0.15) is 28.8 Å². The number of ether oxygens (including phenoxy) is 1. The maximum atomic E-state index is 12.9.